The van der Waals surface area contributed by atoms with Crippen LogP contribution in [0.1, 0.15) is 36.9 Å². The molecule has 2 aliphatic rings. The van der Waals surface area contributed by atoms with Crippen molar-refractivity contribution in [2.24, 2.45) is 0 Å². The van der Waals surface area contributed by atoms with E-state index in [2.05, 4.69) is 4.90 Å². The van der Waals surface area contributed by atoms with Crippen LogP contribution >= 0.6 is 11.6 Å². The predicted octanol–water partition coefficient (Wildman–Crippen LogP) is 4.27. The van der Waals surface area contributed by atoms with Crippen LogP contribution in [0, 0.1) is 0 Å². The van der Waals surface area contributed by atoms with Crippen molar-refractivity contribution >= 4 is 29.1 Å². The van der Waals surface area contributed by atoms with Gasteiger partial charge in [0, 0.05) is 36.8 Å². The quantitative estimate of drug-likeness (QED) is 0.316. The third kappa shape index (κ3) is 5.86. The summed E-state index contributed by atoms with van der Waals surface area (Å²) in [7, 11) is 0. The molecular weight excluding hydrogens is 468 g/mol. The van der Waals surface area contributed by atoms with E-state index in [-0.39, 0.29) is 11.3 Å². The molecule has 2 fully saturated rings. The summed E-state index contributed by atoms with van der Waals surface area (Å²) in [5, 5.41) is 11.7. The van der Waals surface area contributed by atoms with Crippen LogP contribution < -0.4 is 4.74 Å². The number of ether oxygens (including phenoxy) is 2. The first-order valence-electron chi connectivity index (χ1n) is 12.1. The molecule has 1 atom stereocenters. The summed E-state index contributed by atoms with van der Waals surface area (Å²) in [6.07, 6.45) is 1.61. The van der Waals surface area contributed by atoms with Gasteiger partial charge in [-0.05, 0) is 54.8 Å². The van der Waals surface area contributed by atoms with Crippen LogP contribution in [-0.2, 0) is 14.3 Å². The normalized spacial score (nSPS) is 20.4. The summed E-state index contributed by atoms with van der Waals surface area (Å²) in [5.74, 6) is -0.761. The number of aliphatic hydroxyl groups excluding tert-OH is 1. The van der Waals surface area contributed by atoms with E-state index in [1.54, 1.807) is 29.2 Å². The number of morpholine rings is 1. The smallest absolute Gasteiger partial charge is 0.295 e. The summed E-state index contributed by atoms with van der Waals surface area (Å²) >= 11 is 6.00. The molecule has 1 N–H and O–H groups in total. The number of aliphatic hydroxyl groups is 1. The van der Waals surface area contributed by atoms with E-state index in [9.17, 15) is 14.7 Å². The zero-order valence-electron chi connectivity index (χ0n) is 19.9. The Morgan fingerprint density at radius 2 is 1.74 bits per heavy atom. The minimum Gasteiger partial charge on any atom is -0.507 e. The minimum atomic E-state index is -0.685. The molecule has 2 aromatic carbocycles. The highest BCUT2D eigenvalue weighted by Crippen LogP contribution is 2.40. The molecule has 2 aromatic rings. The van der Waals surface area contributed by atoms with Gasteiger partial charge in [-0.15, -0.1) is 0 Å². The summed E-state index contributed by atoms with van der Waals surface area (Å²) < 4.78 is 11.1. The molecule has 4 rings (SSSR count). The molecule has 8 heteroatoms. The van der Waals surface area contributed by atoms with Gasteiger partial charge in [-0.1, -0.05) is 30.7 Å². The van der Waals surface area contributed by atoms with Crippen LogP contribution in [0.25, 0.3) is 5.76 Å². The molecule has 35 heavy (non-hydrogen) atoms. The topological polar surface area (TPSA) is 79.3 Å². The molecule has 2 aliphatic heterocycles. The van der Waals surface area contributed by atoms with Gasteiger partial charge in [0.2, 0.25) is 0 Å². The van der Waals surface area contributed by atoms with Crippen molar-refractivity contribution in [3.8, 4) is 5.75 Å². The third-order valence-corrected chi connectivity index (χ3v) is 6.56. The van der Waals surface area contributed by atoms with Crippen LogP contribution in [0.15, 0.2) is 54.1 Å². The maximum absolute atomic E-state index is 13.2. The summed E-state index contributed by atoms with van der Waals surface area (Å²) in [4.78, 5) is 30.2. The van der Waals surface area contributed by atoms with E-state index in [1.807, 2.05) is 31.2 Å². The van der Waals surface area contributed by atoms with Gasteiger partial charge in [-0.25, -0.2) is 0 Å². The number of amides is 1. The number of Topliss-reactive ketones (excluding diaryl/α,β-unsaturated/α-hetero) is 1. The zero-order chi connectivity index (χ0) is 24.8. The van der Waals surface area contributed by atoms with Crippen LogP contribution in [-0.4, -0.2) is 72.6 Å². The SMILES string of the molecule is CCCOc1ccc([C@H]2C(=C(O)c3ccc(Cl)cc3)C(=O)C(=O)N2CCCN2CCOCC2)cc1. The fourth-order valence-corrected chi connectivity index (χ4v) is 4.60. The van der Waals surface area contributed by atoms with Crippen LogP contribution in [0.3, 0.4) is 0 Å². The van der Waals surface area contributed by atoms with Crippen LogP contribution in [0.2, 0.25) is 5.02 Å². The standard InChI is InChI=1S/C27H31ClN2O5/c1-2-16-35-22-10-6-19(7-11-22)24-23(25(31)20-4-8-21(28)9-5-20)26(32)27(33)30(24)13-3-12-29-14-17-34-18-15-29/h4-11,24,31H,2-3,12-18H2,1H3/t24-/m0/s1. The molecule has 0 aromatic heterocycles. The number of benzene rings is 2. The molecule has 186 valence electrons. The number of hydrogen-bond donors (Lipinski definition) is 1. The summed E-state index contributed by atoms with van der Waals surface area (Å²) in [6.45, 7) is 6.98. The van der Waals surface area contributed by atoms with Crippen molar-refractivity contribution in [2.75, 3.05) is 46.0 Å². The van der Waals surface area contributed by atoms with Crippen molar-refractivity contribution in [3.05, 3.63) is 70.3 Å². The number of hydrogen-bond acceptors (Lipinski definition) is 6. The average Bonchev–Trinajstić information content (AvgIpc) is 3.13. The number of rotatable bonds is 9. The van der Waals surface area contributed by atoms with Crippen molar-refractivity contribution in [1.29, 1.82) is 0 Å². The highest BCUT2D eigenvalue weighted by molar-refractivity contribution is 6.46. The molecular formula is C27H31ClN2O5. The number of carbonyl (C=O) groups excluding carboxylic acids is 2. The van der Waals surface area contributed by atoms with E-state index in [4.69, 9.17) is 21.1 Å². The Balaban J connectivity index is 1.64. The molecule has 0 spiro atoms. The van der Waals surface area contributed by atoms with Crippen molar-refractivity contribution in [1.82, 2.24) is 9.80 Å². The molecule has 0 aliphatic carbocycles. The van der Waals surface area contributed by atoms with E-state index < -0.39 is 17.7 Å². The van der Waals surface area contributed by atoms with Crippen molar-refractivity contribution < 1.29 is 24.2 Å². The molecule has 7 nitrogen and oxygen atoms in total. The number of ketones is 1. The van der Waals surface area contributed by atoms with Gasteiger partial charge in [-0.2, -0.15) is 0 Å². The Hall–Kier alpha value is -2.87. The molecule has 0 saturated carbocycles. The summed E-state index contributed by atoms with van der Waals surface area (Å²) in [6, 6.07) is 13.3. The second kappa shape index (κ2) is 11.7. The van der Waals surface area contributed by atoms with Gasteiger partial charge in [0.25, 0.3) is 11.7 Å². The average molecular weight is 499 g/mol. The second-order valence-corrected chi connectivity index (χ2v) is 9.16. The monoisotopic (exact) mass is 498 g/mol. The van der Waals surface area contributed by atoms with Gasteiger partial charge in [0.15, 0.2) is 0 Å². The first-order valence-corrected chi connectivity index (χ1v) is 12.4. The Bertz CT molecular complexity index is 1060. The van der Waals surface area contributed by atoms with E-state index in [1.165, 1.54) is 0 Å². The molecule has 2 saturated heterocycles. The zero-order valence-corrected chi connectivity index (χ0v) is 20.7. The highest BCUT2D eigenvalue weighted by atomic mass is 35.5. The lowest BCUT2D eigenvalue weighted by molar-refractivity contribution is -0.140. The number of likely N-dealkylation sites (tertiary alicyclic amines) is 1. The number of nitrogens with zero attached hydrogens (tertiary/aromatic N) is 2. The molecule has 1 amide bonds. The van der Waals surface area contributed by atoms with E-state index >= 15 is 0 Å². The molecule has 0 unspecified atom stereocenters. The second-order valence-electron chi connectivity index (χ2n) is 8.72. The first-order chi connectivity index (χ1) is 17.0. The van der Waals surface area contributed by atoms with Crippen LogP contribution in [0.5, 0.6) is 5.75 Å². The Morgan fingerprint density at radius 1 is 1.06 bits per heavy atom. The van der Waals surface area contributed by atoms with E-state index in [0.717, 1.165) is 37.4 Å². The first kappa shape index (κ1) is 25.2. The minimum absolute atomic E-state index is 0.0888. The Kier molecular flexibility index (Phi) is 8.44. The Labute approximate surface area is 210 Å². The highest BCUT2D eigenvalue weighted by Gasteiger charge is 2.45. The summed E-state index contributed by atoms with van der Waals surface area (Å²) in [5.41, 5.74) is 1.27. The number of carbonyl (C=O) groups is 2. The van der Waals surface area contributed by atoms with Crippen molar-refractivity contribution in [3.63, 3.8) is 0 Å². The van der Waals surface area contributed by atoms with E-state index in [0.29, 0.717) is 43.4 Å². The predicted molar refractivity (Wildman–Crippen MR) is 135 cm³/mol. The lowest BCUT2D eigenvalue weighted by Gasteiger charge is -2.29. The van der Waals surface area contributed by atoms with Gasteiger partial charge in [0.1, 0.15) is 11.5 Å². The lowest BCUT2D eigenvalue weighted by atomic mass is 9.95. The molecule has 2 heterocycles. The third-order valence-electron chi connectivity index (χ3n) is 6.30. The van der Waals surface area contributed by atoms with Crippen molar-refractivity contribution in [2.45, 2.75) is 25.8 Å². The maximum atomic E-state index is 13.2. The largest absolute Gasteiger partial charge is 0.507 e. The fraction of sp³-hybridized carbons (Fsp3) is 0.407. The lowest BCUT2D eigenvalue weighted by Crippen LogP contribution is -2.38. The molecule has 0 radical (unpaired) electrons. The fourth-order valence-electron chi connectivity index (χ4n) is 4.48. The Morgan fingerprint density at radius 3 is 2.40 bits per heavy atom. The maximum Gasteiger partial charge on any atom is 0.295 e. The van der Waals surface area contributed by atoms with Gasteiger partial charge < -0.3 is 19.5 Å². The van der Waals surface area contributed by atoms with Gasteiger partial charge >= 0.3 is 0 Å². The van der Waals surface area contributed by atoms with Gasteiger partial charge in [-0.3, -0.25) is 14.5 Å². The number of halogens is 1. The van der Waals surface area contributed by atoms with Crippen LogP contribution in [0.4, 0.5) is 0 Å². The molecule has 0 bridgehead atoms. The van der Waals surface area contributed by atoms with Gasteiger partial charge in [0.05, 0.1) is 31.4 Å².